The van der Waals surface area contributed by atoms with Crippen LogP contribution in [0.15, 0.2) is 12.3 Å². The first-order valence-corrected chi connectivity index (χ1v) is 6.92. The summed E-state index contributed by atoms with van der Waals surface area (Å²) in [7, 11) is 0. The highest BCUT2D eigenvalue weighted by Gasteiger charge is 2.26. The van der Waals surface area contributed by atoms with Gasteiger partial charge in [0.2, 0.25) is 0 Å². The lowest BCUT2D eigenvalue weighted by atomic mass is 9.98. The van der Waals surface area contributed by atoms with Gasteiger partial charge in [0, 0.05) is 12.7 Å². The highest BCUT2D eigenvalue weighted by Crippen LogP contribution is 2.23. The summed E-state index contributed by atoms with van der Waals surface area (Å²) in [6, 6.07) is 1.91. The number of rotatable bonds is 8. The van der Waals surface area contributed by atoms with Crippen molar-refractivity contribution in [3.8, 4) is 0 Å². The summed E-state index contributed by atoms with van der Waals surface area (Å²) in [5.41, 5.74) is 0.103. The predicted molar refractivity (Wildman–Crippen MR) is 74.4 cm³/mol. The van der Waals surface area contributed by atoms with Crippen LogP contribution >= 0.6 is 0 Å². The molecule has 0 fully saturated rings. The Morgan fingerprint density at radius 3 is 2.83 bits per heavy atom. The molecular formula is C14H27N3O. The van der Waals surface area contributed by atoms with E-state index in [2.05, 4.69) is 31.2 Å². The van der Waals surface area contributed by atoms with Gasteiger partial charge in [0.15, 0.2) is 0 Å². The zero-order chi connectivity index (χ0) is 13.6. The molecule has 0 bridgehead atoms. The molecule has 4 heteroatoms. The largest absolute Gasteiger partial charge is 0.384 e. The molecule has 0 radical (unpaired) electrons. The van der Waals surface area contributed by atoms with Crippen molar-refractivity contribution in [1.82, 2.24) is 15.1 Å². The average molecular weight is 253 g/mol. The molecule has 1 unspecified atom stereocenters. The third kappa shape index (κ3) is 4.42. The second kappa shape index (κ2) is 6.90. The fourth-order valence-electron chi connectivity index (χ4n) is 2.03. The number of aliphatic hydroxyl groups is 1. The zero-order valence-electron chi connectivity index (χ0n) is 12.1. The fourth-order valence-corrected chi connectivity index (χ4v) is 2.03. The van der Waals surface area contributed by atoms with Crippen molar-refractivity contribution < 1.29 is 5.11 Å². The number of hydrogen-bond acceptors (Lipinski definition) is 3. The molecular weight excluding hydrogens is 226 g/mol. The Kier molecular flexibility index (Phi) is 5.82. The van der Waals surface area contributed by atoms with E-state index in [0.29, 0.717) is 12.3 Å². The van der Waals surface area contributed by atoms with Crippen LogP contribution in [0.3, 0.4) is 0 Å². The SMILES string of the molecule is CCCn1nccc1C(C)(O)CCNCC(C)C. The highest BCUT2D eigenvalue weighted by atomic mass is 16.3. The first-order chi connectivity index (χ1) is 8.47. The van der Waals surface area contributed by atoms with Crippen LogP contribution in [-0.2, 0) is 12.1 Å². The van der Waals surface area contributed by atoms with Crippen LogP contribution in [0, 0.1) is 5.92 Å². The molecule has 1 aromatic heterocycles. The maximum absolute atomic E-state index is 10.5. The monoisotopic (exact) mass is 253 g/mol. The van der Waals surface area contributed by atoms with Crippen LogP contribution in [0.4, 0.5) is 0 Å². The van der Waals surface area contributed by atoms with E-state index in [-0.39, 0.29) is 0 Å². The molecule has 0 aliphatic carbocycles. The normalized spacial score (nSPS) is 15.0. The van der Waals surface area contributed by atoms with Gasteiger partial charge in [0.05, 0.1) is 5.69 Å². The maximum Gasteiger partial charge on any atom is 0.105 e. The Labute approximate surface area is 110 Å². The molecule has 0 spiro atoms. The van der Waals surface area contributed by atoms with E-state index >= 15 is 0 Å². The summed E-state index contributed by atoms with van der Waals surface area (Å²) in [5, 5.41) is 18.2. The van der Waals surface area contributed by atoms with Gasteiger partial charge in [-0.25, -0.2) is 0 Å². The lowest BCUT2D eigenvalue weighted by Crippen LogP contribution is -2.31. The standard InChI is InChI=1S/C14H27N3O/c1-5-10-17-13(6-8-16-17)14(4,18)7-9-15-11-12(2)3/h6,8,12,15,18H,5,7,9-11H2,1-4H3. The topological polar surface area (TPSA) is 50.1 Å². The van der Waals surface area contributed by atoms with E-state index < -0.39 is 5.60 Å². The van der Waals surface area contributed by atoms with Gasteiger partial charge >= 0.3 is 0 Å². The number of nitrogens with one attached hydrogen (secondary N) is 1. The second-order valence-corrected chi connectivity index (χ2v) is 5.56. The minimum atomic E-state index is -0.810. The number of hydrogen-bond donors (Lipinski definition) is 2. The Morgan fingerprint density at radius 2 is 2.22 bits per heavy atom. The Balaban J connectivity index is 2.53. The molecule has 1 rings (SSSR count). The van der Waals surface area contributed by atoms with E-state index in [1.54, 1.807) is 6.20 Å². The lowest BCUT2D eigenvalue weighted by Gasteiger charge is -2.24. The van der Waals surface area contributed by atoms with E-state index in [1.807, 2.05) is 17.7 Å². The molecule has 0 amide bonds. The summed E-state index contributed by atoms with van der Waals surface area (Å²) in [5.74, 6) is 0.639. The van der Waals surface area contributed by atoms with Gasteiger partial charge in [-0.1, -0.05) is 20.8 Å². The molecule has 4 nitrogen and oxygen atoms in total. The van der Waals surface area contributed by atoms with Gasteiger partial charge in [-0.15, -0.1) is 0 Å². The number of aryl methyl sites for hydroxylation is 1. The molecule has 0 saturated heterocycles. The zero-order valence-corrected chi connectivity index (χ0v) is 12.1. The summed E-state index contributed by atoms with van der Waals surface area (Å²) >= 11 is 0. The van der Waals surface area contributed by atoms with Gasteiger partial charge < -0.3 is 10.4 Å². The second-order valence-electron chi connectivity index (χ2n) is 5.56. The first-order valence-electron chi connectivity index (χ1n) is 6.92. The van der Waals surface area contributed by atoms with Gasteiger partial charge in [0.25, 0.3) is 0 Å². The lowest BCUT2D eigenvalue weighted by molar-refractivity contribution is 0.0383. The average Bonchev–Trinajstić information content (AvgIpc) is 2.74. The summed E-state index contributed by atoms with van der Waals surface area (Å²) in [6.45, 7) is 11.0. The molecule has 1 heterocycles. The van der Waals surface area contributed by atoms with Crippen molar-refractivity contribution in [1.29, 1.82) is 0 Å². The molecule has 0 aliphatic heterocycles. The molecule has 2 N–H and O–H groups in total. The van der Waals surface area contributed by atoms with E-state index in [9.17, 15) is 5.11 Å². The van der Waals surface area contributed by atoms with Crippen LogP contribution < -0.4 is 5.32 Å². The van der Waals surface area contributed by atoms with Gasteiger partial charge in [0.1, 0.15) is 5.60 Å². The van der Waals surface area contributed by atoms with Crippen LogP contribution in [-0.4, -0.2) is 28.0 Å². The van der Waals surface area contributed by atoms with Crippen molar-refractivity contribution in [2.75, 3.05) is 13.1 Å². The molecule has 1 aromatic rings. The Morgan fingerprint density at radius 1 is 1.50 bits per heavy atom. The van der Waals surface area contributed by atoms with Crippen molar-refractivity contribution in [2.45, 2.75) is 52.7 Å². The highest BCUT2D eigenvalue weighted by molar-refractivity contribution is 5.10. The third-order valence-electron chi connectivity index (χ3n) is 3.04. The summed E-state index contributed by atoms with van der Waals surface area (Å²) < 4.78 is 1.91. The number of nitrogens with zero attached hydrogens (tertiary/aromatic N) is 2. The van der Waals surface area contributed by atoms with Gasteiger partial charge in [-0.2, -0.15) is 5.10 Å². The molecule has 18 heavy (non-hydrogen) atoms. The van der Waals surface area contributed by atoms with Crippen LogP contribution in [0.25, 0.3) is 0 Å². The molecule has 104 valence electrons. The number of aromatic nitrogens is 2. The predicted octanol–water partition coefficient (Wildman–Crippen LogP) is 2.14. The third-order valence-corrected chi connectivity index (χ3v) is 3.04. The summed E-state index contributed by atoms with van der Waals surface area (Å²) in [4.78, 5) is 0. The van der Waals surface area contributed by atoms with Crippen LogP contribution in [0.5, 0.6) is 0 Å². The Hall–Kier alpha value is -0.870. The quantitative estimate of drug-likeness (QED) is 0.698. The minimum Gasteiger partial charge on any atom is -0.384 e. The summed E-state index contributed by atoms with van der Waals surface area (Å²) in [6.07, 6.45) is 3.49. The van der Waals surface area contributed by atoms with Crippen LogP contribution in [0.1, 0.15) is 46.2 Å². The van der Waals surface area contributed by atoms with Gasteiger partial charge in [-0.05, 0) is 44.8 Å². The smallest absolute Gasteiger partial charge is 0.105 e. The minimum absolute atomic E-state index is 0.639. The van der Waals surface area contributed by atoms with Crippen molar-refractivity contribution in [3.63, 3.8) is 0 Å². The Bertz CT molecular complexity index is 345. The fraction of sp³-hybridized carbons (Fsp3) is 0.786. The van der Waals surface area contributed by atoms with E-state index in [1.165, 1.54) is 0 Å². The molecule has 0 saturated carbocycles. The molecule has 1 atom stereocenters. The van der Waals surface area contributed by atoms with Crippen molar-refractivity contribution >= 4 is 0 Å². The van der Waals surface area contributed by atoms with Crippen LogP contribution in [0.2, 0.25) is 0 Å². The maximum atomic E-state index is 10.5. The van der Waals surface area contributed by atoms with E-state index in [4.69, 9.17) is 0 Å². The first kappa shape index (κ1) is 15.2. The van der Waals surface area contributed by atoms with Crippen molar-refractivity contribution in [2.24, 2.45) is 5.92 Å². The molecule has 0 aliphatic rings. The van der Waals surface area contributed by atoms with Crippen molar-refractivity contribution in [3.05, 3.63) is 18.0 Å². The molecule has 0 aromatic carbocycles. The van der Waals surface area contributed by atoms with E-state index in [0.717, 1.165) is 31.7 Å². The van der Waals surface area contributed by atoms with Gasteiger partial charge in [-0.3, -0.25) is 4.68 Å².